The molecule has 12 bridgehead atoms. The third-order valence-electron chi connectivity index (χ3n) is 21.4. The van der Waals surface area contributed by atoms with Crippen molar-refractivity contribution in [1.82, 2.24) is 0 Å². The maximum absolute atomic E-state index is 5.65. The van der Waals surface area contributed by atoms with Gasteiger partial charge in [-0.05, 0) is 143 Å². The van der Waals surface area contributed by atoms with E-state index in [1.54, 1.807) is 42.7 Å². The van der Waals surface area contributed by atoms with Gasteiger partial charge in [-0.25, -0.2) is 0 Å². The average Bonchev–Trinajstić information content (AvgIpc) is 0.702. The van der Waals surface area contributed by atoms with Crippen LogP contribution in [0.15, 0.2) is 109 Å². The maximum atomic E-state index is 5.65. The normalized spacial score (nSPS) is 17.2. The van der Waals surface area contributed by atoms with Crippen LogP contribution in [0.1, 0.15) is 66.8 Å². The van der Waals surface area contributed by atoms with Gasteiger partial charge in [0.1, 0.15) is 34.5 Å². The molecule has 0 unspecified atom stereocenters. The maximum Gasteiger partial charge on any atom is 0.119 e. The minimum Gasteiger partial charge on any atom is -0.497 e. The number of ether oxygens (including phenoxy) is 6. The van der Waals surface area contributed by atoms with Gasteiger partial charge in [0.25, 0.3) is 0 Å². The molecule has 0 radical (unpaired) electrons. The van der Waals surface area contributed by atoms with E-state index in [0.29, 0.717) is 0 Å². The number of nitrogens with zero attached hydrogens (tertiary/aromatic N) is 12. The quantitative estimate of drug-likeness (QED) is 0.148. The number of anilines is 12. The molecule has 0 saturated carbocycles. The van der Waals surface area contributed by atoms with E-state index < -0.39 is 0 Å². The first kappa shape index (κ1) is 60.9. The predicted octanol–water partition coefficient (Wildman–Crippen LogP) is 14.1. The highest BCUT2D eigenvalue weighted by atomic mass is 35.5. The van der Waals surface area contributed by atoms with E-state index in [0.717, 1.165) is 153 Å². The van der Waals surface area contributed by atoms with Crippen LogP contribution in [0.2, 0.25) is 0 Å². The topological polar surface area (TPSA) is 94.3 Å². The molecule has 22 heteroatoms. The van der Waals surface area contributed by atoms with Crippen molar-refractivity contribution in [2.24, 2.45) is 0 Å². The number of benzene rings is 8. The van der Waals surface area contributed by atoms with E-state index in [-0.39, 0.29) is 10.7 Å². The Balaban J connectivity index is 0.000000134. The fourth-order valence-electron chi connectivity index (χ4n) is 17.8. The molecule has 0 fully saturated rings. The fraction of sp³-hybridized carbons (Fsp3) is 0.351. The molecule has 96 heavy (non-hydrogen) atoms. The Bertz CT molecular complexity index is 3710. The molecule has 20 rings (SSSR count). The molecule has 0 atom stereocenters. The summed E-state index contributed by atoms with van der Waals surface area (Å²) in [4.78, 5) is 31.2. The first-order chi connectivity index (χ1) is 47.0. The van der Waals surface area contributed by atoms with Crippen LogP contribution in [0, 0.1) is 0 Å². The number of rotatable bonds is 6. The van der Waals surface area contributed by atoms with Crippen LogP contribution in [0.3, 0.4) is 0 Å². The van der Waals surface area contributed by atoms with E-state index in [9.17, 15) is 0 Å². The van der Waals surface area contributed by atoms with E-state index in [4.69, 9.17) is 74.8 Å². The highest BCUT2D eigenvalue weighted by molar-refractivity contribution is 6.41. The van der Waals surface area contributed by atoms with Gasteiger partial charge >= 0.3 is 0 Å². The molecule has 12 heterocycles. The lowest BCUT2D eigenvalue weighted by Crippen LogP contribution is -2.53. The van der Waals surface area contributed by atoms with Crippen LogP contribution in [0.4, 0.5) is 68.2 Å². The van der Waals surface area contributed by atoms with Crippen LogP contribution >= 0.6 is 46.4 Å². The Morgan fingerprint density at radius 2 is 0.375 bits per heavy atom. The van der Waals surface area contributed by atoms with E-state index in [1.807, 2.05) is 0 Å². The summed E-state index contributed by atoms with van der Waals surface area (Å²) < 4.78 is 33.9. The summed E-state index contributed by atoms with van der Waals surface area (Å²) >= 11 is 19.1. The molecular formula is C74H76Cl4N12O6. The number of alkyl halides is 4. The Morgan fingerprint density at radius 3 is 0.510 bits per heavy atom. The lowest BCUT2D eigenvalue weighted by atomic mass is 9.86. The molecule has 12 aliphatic rings. The molecule has 496 valence electrons. The Morgan fingerprint density at radius 1 is 0.229 bits per heavy atom. The third-order valence-corrected chi connectivity index (χ3v) is 21.4. The summed E-state index contributed by atoms with van der Waals surface area (Å²) in [6.45, 7) is 16.1. The summed E-state index contributed by atoms with van der Waals surface area (Å²) in [5.41, 5.74) is 33.4. The molecule has 0 amide bonds. The lowest BCUT2D eigenvalue weighted by Gasteiger charge is -2.54. The number of hydrogen-bond donors (Lipinski definition) is 0. The molecule has 0 N–H and O–H groups in total. The van der Waals surface area contributed by atoms with Gasteiger partial charge in [-0.2, -0.15) is 0 Å². The largest absolute Gasteiger partial charge is 0.497 e. The Kier molecular flexibility index (Phi) is 15.3. The van der Waals surface area contributed by atoms with Crippen molar-refractivity contribution in [3.63, 3.8) is 0 Å². The van der Waals surface area contributed by atoms with Gasteiger partial charge in [-0.1, -0.05) is 0 Å². The zero-order chi connectivity index (χ0) is 65.4. The van der Waals surface area contributed by atoms with Gasteiger partial charge in [-0.3, -0.25) is 0 Å². The van der Waals surface area contributed by atoms with Crippen molar-refractivity contribution in [3.8, 4) is 34.5 Å². The SMILES string of the molecule is COc1ccc2c(c1)CN1CN2Cc2c1c1c(c3c2N2Cc4cc(OC)ccc4N(C3)C2)N2Cc3cc(OC)ccc3N(C1)C2.COc1ccc2c(c1)CN1CN2Cc2c1c1c(c3c2N2Cc4cc(OC)ccc4N(C3)C2)N2Cc3cc(OC)ccc3N(C1)C2.ClCCl.ClCCl. The average molecular weight is 1370 g/mol. The van der Waals surface area contributed by atoms with E-state index >= 15 is 0 Å². The summed E-state index contributed by atoms with van der Waals surface area (Å²) in [5, 5.41) is 0.389. The molecule has 0 aromatic heterocycles. The van der Waals surface area contributed by atoms with Crippen LogP contribution in [-0.2, 0) is 78.5 Å². The smallest absolute Gasteiger partial charge is 0.119 e. The molecule has 0 aliphatic carbocycles. The molecular weight excluding hydrogens is 1290 g/mol. The Hall–Kier alpha value is -8.68. The predicted molar refractivity (Wildman–Crippen MR) is 387 cm³/mol. The van der Waals surface area contributed by atoms with Crippen LogP contribution in [-0.4, -0.2) is 93.3 Å². The van der Waals surface area contributed by atoms with Crippen LogP contribution in [0.5, 0.6) is 34.5 Å². The van der Waals surface area contributed by atoms with Crippen molar-refractivity contribution in [1.29, 1.82) is 0 Å². The Labute approximate surface area is 580 Å². The molecule has 0 spiro atoms. The second-order valence-electron chi connectivity index (χ2n) is 26.4. The zero-order valence-electron chi connectivity index (χ0n) is 54.9. The third kappa shape index (κ3) is 9.76. The summed E-state index contributed by atoms with van der Waals surface area (Å²) in [6.07, 6.45) is 0. The number of hydrogen-bond acceptors (Lipinski definition) is 18. The number of methoxy groups -OCH3 is 6. The van der Waals surface area contributed by atoms with Crippen LogP contribution in [0.25, 0.3) is 0 Å². The van der Waals surface area contributed by atoms with Gasteiger partial charge in [0.15, 0.2) is 0 Å². The minimum atomic E-state index is 0.194. The van der Waals surface area contributed by atoms with E-state index in [1.165, 1.54) is 135 Å². The second kappa shape index (κ2) is 24.1. The highest BCUT2D eigenvalue weighted by Gasteiger charge is 2.47. The summed E-state index contributed by atoms with van der Waals surface area (Å²) in [7, 11) is 10.6. The van der Waals surface area contributed by atoms with Crippen LogP contribution < -0.4 is 87.2 Å². The van der Waals surface area contributed by atoms with E-state index in [2.05, 4.69) is 168 Å². The van der Waals surface area contributed by atoms with Crippen molar-refractivity contribution >= 4 is 115 Å². The lowest BCUT2D eigenvalue weighted by molar-refractivity contribution is 0.413. The summed E-state index contributed by atoms with van der Waals surface area (Å²) in [6, 6.07) is 39.5. The number of fused-ring (bicyclic) bond motifs is 42. The van der Waals surface area contributed by atoms with Gasteiger partial charge in [0.2, 0.25) is 0 Å². The molecule has 0 saturated heterocycles. The zero-order valence-corrected chi connectivity index (χ0v) is 57.9. The van der Waals surface area contributed by atoms with Crippen molar-refractivity contribution in [2.45, 2.75) is 78.5 Å². The van der Waals surface area contributed by atoms with Crippen molar-refractivity contribution in [2.75, 3.05) is 152 Å². The minimum absolute atomic E-state index is 0.194. The molecule has 8 aromatic carbocycles. The summed E-state index contributed by atoms with van der Waals surface area (Å²) in [5.74, 6) is 5.53. The van der Waals surface area contributed by atoms with Gasteiger partial charge in [-0.15, -0.1) is 46.4 Å². The van der Waals surface area contributed by atoms with Crippen molar-refractivity contribution < 1.29 is 28.4 Å². The second-order valence-corrected chi connectivity index (χ2v) is 28.0. The first-order valence-corrected chi connectivity index (χ1v) is 34.8. The molecule has 12 aliphatic heterocycles. The first-order valence-electron chi connectivity index (χ1n) is 32.7. The van der Waals surface area contributed by atoms with Gasteiger partial charge in [0.05, 0.1) is 127 Å². The van der Waals surface area contributed by atoms with Crippen molar-refractivity contribution in [3.05, 3.63) is 176 Å². The standard InChI is InChI=1S/2C36H36N6O3.2CH2Cl2/c2*1-43-25-4-7-31-22(10-25)13-40-19-37(31)16-28-34(40)29-17-38-20-42(15-24-12-26(44-2)5-8-32(24)38)36(29)30-18-39-21-41(35(28)30)14-23-11-27(45-3)6-9-33(23)39;2*2-1-3/h2*4-12H,13-21H2,1-3H3;2*1H2. The van der Waals surface area contributed by atoms with Gasteiger partial charge in [0, 0.05) is 146 Å². The molecule has 8 aromatic rings. The van der Waals surface area contributed by atoms with Gasteiger partial charge < -0.3 is 87.2 Å². The molecule has 18 nitrogen and oxygen atoms in total. The monoisotopic (exact) mass is 1370 g/mol. The highest BCUT2D eigenvalue weighted by Crippen LogP contribution is 2.59. The fourth-order valence-corrected chi connectivity index (χ4v) is 17.8. The number of halogens is 4.